The highest BCUT2D eigenvalue weighted by molar-refractivity contribution is 6.30. The molecule has 1 aromatic rings. The van der Waals surface area contributed by atoms with Crippen molar-refractivity contribution >= 4 is 23.4 Å². The molecule has 2 amide bonds. The van der Waals surface area contributed by atoms with Gasteiger partial charge in [-0.25, -0.2) is 0 Å². The van der Waals surface area contributed by atoms with Gasteiger partial charge in [-0.2, -0.15) is 0 Å². The molecule has 2 heterocycles. The van der Waals surface area contributed by atoms with Crippen molar-refractivity contribution in [3.63, 3.8) is 0 Å². The number of carbonyl (C=O) groups excluding carboxylic acids is 2. The lowest BCUT2D eigenvalue weighted by atomic mass is 9.95. The van der Waals surface area contributed by atoms with Gasteiger partial charge in [-0.3, -0.25) is 9.59 Å². The molecule has 0 saturated carbocycles. The number of carbonyl (C=O) groups is 2. The molecule has 23 heavy (non-hydrogen) atoms. The predicted octanol–water partition coefficient (Wildman–Crippen LogP) is 1.97. The zero-order valence-electron chi connectivity index (χ0n) is 13.3. The van der Waals surface area contributed by atoms with Crippen molar-refractivity contribution < 1.29 is 14.3 Å². The summed E-state index contributed by atoms with van der Waals surface area (Å²) in [4.78, 5) is 27.9. The third-order valence-electron chi connectivity index (χ3n) is 4.53. The number of ether oxygens (including phenoxy) is 1. The first-order chi connectivity index (χ1) is 11.0. The van der Waals surface area contributed by atoms with Crippen molar-refractivity contribution in [3.8, 4) is 5.75 Å². The van der Waals surface area contributed by atoms with Crippen LogP contribution < -0.4 is 4.74 Å². The Bertz CT molecular complexity index is 620. The van der Waals surface area contributed by atoms with Crippen molar-refractivity contribution in [1.29, 1.82) is 0 Å². The molecule has 124 valence electrons. The van der Waals surface area contributed by atoms with Crippen molar-refractivity contribution in [2.24, 2.45) is 5.92 Å². The topological polar surface area (TPSA) is 49.9 Å². The second kappa shape index (κ2) is 6.79. The molecular weight excluding hydrogens is 316 g/mol. The van der Waals surface area contributed by atoms with E-state index in [2.05, 4.69) is 0 Å². The van der Waals surface area contributed by atoms with Crippen LogP contribution >= 0.6 is 11.6 Å². The van der Waals surface area contributed by atoms with Gasteiger partial charge in [0.25, 0.3) is 0 Å². The minimum atomic E-state index is -0.176. The number of hydrogen-bond donors (Lipinski definition) is 0. The summed E-state index contributed by atoms with van der Waals surface area (Å²) < 4.78 is 5.72. The zero-order valence-corrected chi connectivity index (χ0v) is 14.0. The maximum absolute atomic E-state index is 12.8. The van der Waals surface area contributed by atoms with E-state index in [-0.39, 0.29) is 17.7 Å². The van der Waals surface area contributed by atoms with E-state index in [0.29, 0.717) is 37.7 Å². The Morgan fingerprint density at radius 3 is 2.70 bits per heavy atom. The van der Waals surface area contributed by atoms with Crippen LogP contribution in [0.3, 0.4) is 0 Å². The summed E-state index contributed by atoms with van der Waals surface area (Å²) in [7, 11) is 0. The minimum absolute atomic E-state index is 0.0730. The SMILES string of the molecule is CC(=O)N1CCCN(C(=O)[C@H]2COc3ccc(Cl)cc3C2)CC1. The summed E-state index contributed by atoms with van der Waals surface area (Å²) in [5.41, 5.74) is 0.988. The first kappa shape index (κ1) is 16.1. The van der Waals surface area contributed by atoms with Crippen LogP contribution in [0.4, 0.5) is 0 Å². The van der Waals surface area contributed by atoms with Crippen LogP contribution in [0, 0.1) is 5.92 Å². The Balaban J connectivity index is 1.66. The lowest BCUT2D eigenvalue weighted by Gasteiger charge is -2.29. The van der Waals surface area contributed by atoms with Crippen LogP contribution in [0.1, 0.15) is 18.9 Å². The zero-order chi connectivity index (χ0) is 16.4. The van der Waals surface area contributed by atoms with Crippen molar-refractivity contribution in [2.45, 2.75) is 19.8 Å². The van der Waals surface area contributed by atoms with E-state index >= 15 is 0 Å². The molecule has 3 rings (SSSR count). The van der Waals surface area contributed by atoms with E-state index in [9.17, 15) is 9.59 Å². The van der Waals surface area contributed by atoms with Gasteiger partial charge in [0, 0.05) is 38.1 Å². The predicted molar refractivity (Wildman–Crippen MR) is 87.6 cm³/mol. The number of fused-ring (bicyclic) bond motifs is 1. The Morgan fingerprint density at radius 2 is 1.91 bits per heavy atom. The third-order valence-corrected chi connectivity index (χ3v) is 4.77. The second-order valence-electron chi connectivity index (χ2n) is 6.15. The van der Waals surface area contributed by atoms with Gasteiger partial charge in [-0.1, -0.05) is 11.6 Å². The first-order valence-corrected chi connectivity index (χ1v) is 8.38. The number of hydrogen-bond acceptors (Lipinski definition) is 3. The van der Waals surface area contributed by atoms with Gasteiger partial charge < -0.3 is 14.5 Å². The highest BCUT2D eigenvalue weighted by Crippen LogP contribution is 2.30. The number of amides is 2. The van der Waals surface area contributed by atoms with Crippen LogP contribution in [-0.2, 0) is 16.0 Å². The summed E-state index contributed by atoms with van der Waals surface area (Å²) in [6.45, 7) is 4.60. The number of halogens is 1. The van der Waals surface area contributed by atoms with Crippen LogP contribution in [0.5, 0.6) is 5.75 Å². The molecule has 0 radical (unpaired) electrons. The van der Waals surface area contributed by atoms with Gasteiger partial charge in [-0.15, -0.1) is 0 Å². The highest BCUT2D eigenvalue weighted by Gasteiger charge is 2.30. The molecule has 1 aromatic carbocycles. The standard InChI is InChI=1S/C17H21ClN2O3/c1-12(21)19-5-2-6-20(8-7-19)17(22)14-9-13-10-15(18)3-4-16(13)23-11-14/h3-4,10,14H,2,5-9,11H2,1H3/t14-/m1/s1. The minimum Gasteiger partial charge on any atom is -0.492 e. The summed E-state index contributed by atoms with van der Waals surface area (Å²) in [5, 5.41) is 0.660. The molecule has 1 saturated heterocycles. The van der Waals surface area contributed by atoms with E-state index < -0.39 is 0 Å². The average Bonchev–Trinajstić information content (AvgIpc) is 2.79. The second-order valence-corrected chi connectivity index (χ2v) is 6.59. The summed E-state index contributed by atoms with van der Waals surface area (Å²) in [6.07, 6.45) is 1.48. The Labute approximate surface area is 141 Å². The van der Waals surface area contributed by atoms with Crippen LogP contribution in [0.2, 0.25) is 5.02 Å². The lowest BCUT2D eigenvalue weighted by Crippen LogP contribution is -2.43. The Hall–Kier alpha value is -1.75. The molecule has 0 unspecified atom stereocenters. The monoisotopic (exact) mass is 336 g/mol. The summed E-state index contributed by atoms with van der Waals surface area (Å²) >= 11 is 6.03. The number of rotatable bonds is 1. The molecule has 0 spiro atoms. The Kier molecular flexibility index (Phi) is 4.76. The van der Waals surface area contributed by atoms with E-state index in [1.165, 1.54) is 0 Å². The van der Waals surface area contributed by atoms with Crippen LogP contribution in [-0.4, -0.2) is 54.4 Å². The molecule has 5 nitrogen and oxygen atoms in total. The fraction of sp³-hybridized carbons (Fsp3) is 0.529. The molecule has 1 atom stereocenters. The van der Waals surface area contributed by atoms with Gasteiger partial charge in [0.05, 0.1) is 5.92 Å². The molecule has 0 aromatic heterocycles. The van der Waals surface area contributed by atoms with Crippen LogP contribution in [0.25, 0.3) is 0 Å². The molecule has 0 N–H and O–H groups in total. The number of nitrogens with zero attached hydrogens (tertiary/aromatic N) is 2. The molecule has 2 aliphatic rings. The first-order valence-electron chi connectivity index (χ1n) is 8.00. The molecule has 0 aliphatic carbocycles. The molecular formula is C17H21ClN2O3. The third kappa shape index (κ3) is 3.61. The lowest BCUT2D eigenvalue weighted by molar-refractivity contribution is -0.137. The average molecular weight is 337 g/mol. The quantitative estimate of drug-likeness (QED) is 0.788. The van der Waals surface area contributed by atoms with Gasteiger partial charge in [0.1, 0.15) is 12.4 Å². The molecule has 2 aliphatic heterocycles. The van der Waals surface area contributed by atoms with E-state index in [1.54, 1.807) is 17.9 Å². The fourth-order valence-corrected chi connectivity index (χ4v) is 3.43. The van der Waals surface area contributed by atoms with Gasteiger partial charge in [0.15, 0.2) is 0 Å². The highest BCUT2D eigenvalue weighted by atomic mass is 35.5. The van der Waals surface area contributed by atoms with E-state index in [0.717, 1.165) is 24.3 Å². The largest absolute Gasteiger partial charge is 0.492 e. The van der Waals surface area contributed by atoms with E-state index in [4.69, 9.17) is 16.3 Å². The normalized spacial score (nSPS) is 21.2. The number of benzene rings is 1. The van der Waals surface area contributed by atoms with Gasteiger partial charge in [-0.05, 0) is 36.6 Å². The van der Waals surface area contributed by atoms with Crippen molar-refractivity contribution in [2.75, 3.05) is 32.8 Å². The summed E-state index contributed by atoms with van der Waals surface area (Å²) in [5.74, 6) is 0.826. The fourth-order valence-electron chi connectivity index (χ4n) is 3.23. The van der Waals surface area contributed by atoms with Crippen molar-refractivity contribution in [3.05, 3.63) is 28.8 Å². The van der Waals surface area contributed by atoms with Gasteiger partial charge in [0.2, 0.25) is 11.8 Å². The van der Waals surface area contributed by atoms with E-state index in [1.807, 2.05) is 17.0 Å². The smallest absolute Gasteiger partial charge is 0.229 e. The molecule has 1 fully saturated rings. The summed E-state index contributed by atoms with van der Waals surface area (Å²) in [6, 6.07) is 5.53. The molecule has 0 bridgehead atoms. The van der Waals surface area contributed by atoms with Gasteiger partial charge >= 0.3 is 0 Å². The molecule has 6 heteroatoms. The van der Waals surface area contributed by atoms with Crippen molar-refractivity contribution in [1.82, 2.24) is 9.80 Å². The maximum Gasteiger partial charge on any atom is 0.229 e. The Morgan fingerprint density at radius 1 is 1.17 bits per heavy atom. The van der Waals surface area contributed by atoms with Crippen LogP contribution in [0.15, 0.2) is 18.2 Å². The maximum atomic E-state index is 12.8.